The van der Waals surface area contributed by atoms with Crippen molar-refractivity contribution in [2.45, 2.75) is 25.4 Å². The van der Waals surface area contributed by atoms with Gasteiger partial charge in [-0.15, -0.1) is 0 Å². The van der Waals surface area contributed by atoms with Crippen molar-refractivity contribution in [2.24, 2.45) is 5.73 Å². The van der Waals surface area contributed by atoms with Crippen molar-refractivity contribution in [3.8, 4) is 0 Å². The average Bonchev–Trinajstić information content (AvgIpc) is 2.86. The monoisotopic (exact) mass is 267 g/mol. The van der Waals surface area contributed by atoms with Gasteiger partial charge < -0.3 is 25.5 Å². The number of urea groups is 1. The zero-order chi connectivity index (χ0) is 13.8. The molecule has 1 aliphatic heterocycles. The highest BCUT2D eigenvalue weighted by molar-refractivity contribution is 5.84. The number of hydrogen-bond donors (Lipinski definition) is 3. The molecule has 7 nitrogen and oxygen atoms in total. The van der Waals surface area contributed by atoms with E-state index in [2.05, 4.69) is 5.32 Å². The number of hydrogen-bond acceptors (Lipinski definition) is 4. The summed E-state index contributed by atoms with van der Waals surface area (Å²) in [4.78, 5) is 24.2. The van der Waals surface area contributed by atoms with E-state index in [-0.39, 0.29) is 24.4 Å². The summed E-state index contributed by atoms with van der Waals surface area (Å²) in [5.74, 6) is -0.838. The first-order valence-corrected chi connectivity index (χ1v) is 6.16. The normalized spacial score (nSPS) is 16.4. The number of rotatable bonds is 3. The van der Waals surface area contributed by atoms with Crippen LogP contribution in [0.25, 0.3) is 0 Å². The summed E-state index contributed by atoms with van der Waals surface area (Å²) < 4.78 is 5.05. The highest BCUT2D eigenvalue weighted by Gasteiger charge is 2.20. The number of nitrogens with two attached hydrogens (primary N) is 1. The Bertz CT molecular complexity index is 463. The summed E-state index contributed by atoms with van der Waals surface area (Å²) in [5.41, 5.74) is 5.76. The summed E-state index contributed by atoms with van der Waals surface area (Å²) >= 11 is 0. The minimum atomic E-state index is -1.12. The standard InChI is InChI=1S/C12H17N3O4/c13-8-3-5-15(6-4-8)12(18)14-7-9-1-2-10(19-9)11(16)17/h1-2,8H,3-7,13H2,(H,14,18)(H,16,17). The van der Waals surface area contributed by atoms with Crippen LogP contribution in [-0.4, -0.2) is 41.1 Å². The smallest absolute Gasteiger partial charge is 0.371 e. The molecular weight excluding hydrogens is 250 g/mol. The van der Waals surface area contributed by atoms with E-state index < -0.39 is 5.97 Å². The molecule has 2 rings (SSSR count). The molecule has 1 saturated heterocycles. The second-order valence-corrected chi connectivity index (χ2v) is 4.55. The Balaban J connectivity index is 1.81. The number of piperidine rings is 1. The maximum Gasteiger partial charge on any atom is 0.371 e. The maximum absolute atomic E-state index is 11.8. The Hall–Kier alpha value is -2.02. The molecule has 2 amide bonds. The van der Waals surface area contributed by atoms with E-state index in [0.29, 0.717) is 18.8 Å². The fraction of sp³-hybridized carbons (Fsp3) is 0.500. The van der Waals surface area contributed by atoms with Crippen LogP contribution in [-0.2, 0) is 6.54 Å². The van der Waals surface area contributed by atoms with E-state index in [1.165, 1.54) is 12.1 Å². The van der Waals surface area contributed by atoms with Gasteiger partial charge in [0.15, 0.2) is 0 Å². The van der Waals surface area contributed by atoms with Gasteiger partial charge >= 0.3 is 12.0 Å². The Kier molecular flexibility index (Phi) is 4.06. The molecule has 104 valence electrons. The summed E-state index contributed by atoms with van der Waals surface area (Å²) in [5, 5.41) is 11.4. The highest BCUT2D eigenvalue weighted by Crippen LogP contribution is 2.10. The number of likely N-dealkylation sites (tertiary alicyclic amines) is 1. The number of carboxylic acid groups (broad SMARTS) is 1. The van der Waals surface area contributed by atoms with Crippen molar-refractivity contribution in [2.75, 3.05) is 13.1 Å². The van der Waals surface area contributed by atoms with Crippen molar-refractivity contribution < 1.29 is 19.1 Å². The first-order valence-electron chi connectivity index (χ1n) is 6.16. The highest BCUT2D eigenvalue weighted by atomic mass is 16.4. The minimum Gasteiger partial charge on any atom is -0.475 e. The number of nitrogens with zero attached hydrogens (tertiary/aromatic N) is 1. The predicted molar refractivity (Wildman–Crippen MR) is 66.7 cm³/mol. The van der Waals surface area contributed by atoms with Gasteiger partial charge in [0.2, 0.25) is 5.76 Å². The molecule has 7 heteroatoms. The number of amides is 2. The van der Waals surface area contributed by atoms with Gasteiger partial charge in [-0.1, -0.05) is 0 Å². The van der Waals surface area contributed by atoms with E-state index in [9.17, 15) is 9.59 Å². The van der Waals surface area contributed by atoms with E-state index in [1.807, 2.05) is 0 Å². The van der Waals surface area contributed by atoms with Crippen LogP contribution < -0.4 is 11.1 Å². The lowest BCUT2D eigenvalue weighted by Gasteiger charge is -2.30. The third-order valence-electron chi connectivity index (χ3n) is 3.11. The average molecular weight is 267 g/mol. The molecule has 2 heterocycles. The Morgan fingerprint density at radius 3 is 2.68 bits per heavy atom. The maximum atomic E-state index is 11.8. The van der Waals surface area contributed by atoms with Crippen LogP contribution in [0, 0.1) is 0 Å². The Labute approximate surface area is 110 Å². The molecule has 1 aliphatic rings. The van der Waals surface area contributed by atoms with Crippen molar-refractivity contribution >= 4 is 12.0 Å². The Morgan fingerprint density at radius 2 is 2.11 bits per heavy atom. The molecular formula is C12H17N3O4. The van der Waals surface area contributed by atoms with Gasteiger partial charge in [0.1, 0.15) is 5.76 Å². The van der Waals surface area contributed by atoms with Gasteiger partial charge in [-0.05, 0) is 25.0 Å². The largest absolute Gasteiger partial charge is 0.475 e. The van der Waals surface area contributed by atoms with Gasteiger partial charge in [0.05, 0.1) is 6.54 Å². The lowest BCUT2D eigenvalue weighted by atomic mass is 10.1. The number of carbonyl (C=O) groups excluding carboxylic acids is 1. The molecule has 0 unspecified atom stereocenters. The summed E-state index contributed by atoms with van der Waals surface area (Å²) in [6.07, 6.45) is 1.61. The van der Waals surface area contributed by atoms with E-state index >= 15 is 0 Å². The summed E-state index contributed by atoms with van der Waals surface area (Å²) in [6, 6.07) is 2.90. The van der Waals surface area contributed by atoms with Crippen molar-refractivity contribution in [1.82, 2.24) is 10.2 Å². The summed E-state index contributed by atoms with van der Waals surface area (Å²) in [6.45, 7) is 1.46. The van der Waals surface area contributed by atoms with Crippen LogP contribution in [0.4, 0.5) is 4.79 Å². The van der Waals surface area contributed by atoms with Crippen LogP contribution in [0.3, 0.4) is 0 Å². The first kappa shape index (κ1) is 13.4. The molecule has 19 heavy (non-hydrogen) atoms. The number of furan rings is 1. The van der Waals surface area contributed by atoms with E-state index in [1.54, 1.807) is 4.90 Å². The number of carboxylic acids is 1. The molecule has 1 aromatic rings. The van der Waals surface area contributed by atoms with Crippen LogP contribution in [0.2, 0.25) is 0 Å². The molecule has 0 saturated carbocycles. The first-order chi connectivity index (χ1) is 9.06. The van der Waals surface area contributed by atoms with E-state index in [4.69, 9.17) is 15.3 Å². The Morgan fingerprint density at radius 1 is 1.42 bits per heavy atom. The quantitative estimate of drug-likeness (QED) is 0.743. The minimum absolute atomic E-state index is 0.131. The van der Waals surface area contributed by atoms with Gasteiger partial charge in [-0.25, -0.2) is 9.59 Å². The fourth-order valence-corrected chi connectivity index (χ4v) is 1.96. The van der Waals surface area contributed by atoms with Crippen molar-refractivity contribution in [3.05, 3.63) is 23.7 Å². The van der Waals surface area contributed by atoms with Gasteiger partial charge in [0.25, 0.3) is 0 Å². The zero-order valence-electron chi connectivity index (χ0n) is 10.5. The van der Waals surface area contributed by atoms with Crippen LogP contribution in [0.5, 0.6) is 0 Å². The van der Waals surface area contributed by atoms with Gasteiger partial charge in [-0.2, -0.15) is 0 Å². The second-order valence-electron chi connectivity index (χ2n) is 4.55. The SMILES string of the molecule is NC1CCN(C(=O)NCc2ccc(C(=O)O)o2)CC1. The predicted octanol–water partition coefficient (Wildman–Crippen LogP) is 0.611. The molecule has 0 radical (unpaired) electrons. The molecule has 0 aliphatic carbocycles. The van der Waals surface area contributed by atoms with Crippen molar-refractivity contribution in [1.29, 1.82) is 0 Å². The molecule has 0 atom stereocenters. The molecule has 0 spiro atoms. The number of nitrogens with one attached hydrogen (secondary N) is 1. The molecule has 1 aromatic heterocycles. The third kappa shape index (κ3) is 3.47. The van der Waals surface area contributed by atoms with Gasteiger partial charge in [-0.3, -0.25) is 0 Å². The second kappa shape index (κ2) is 5.75. The van der Waals surface area contributed by atoms with Crippen molar-refractivity contribution in [3.63, 3.8) is 0 Å². The number of aromatic carboxylic acids is 1. The third-order valence-corrected chi connectivity index (χ3v) is 3.11. The van der Waals surface area contributed by atoms with Crippen LogP contribution in [0.1, 0.15) is 29.2 Å². The molecule has 0 aromatic carbocycles. The van der Waals surface area contributed by atoms with E-state index in [0.717, 1.165) is 12.8 Å². The molecule has 0 bridgehead atoms. The molecule has 1 fully saturated rings. The van der Waals surface area contributed by atoms with Crippen LogP contribution >= 0.6 is 0 Å². The van der Waals surface area contributed by atoms with Gasteiger partial charge in [0, 0.05) is 19.1 Å². The summed E-state index contributed by atoms with van der Waals surface area (Å²) in [7, 11) is 0. The lowest BCUT2D eigenvalue weighted by molar-refractivity contribution is 0.0660. The zero-order valence-corrected chi connectivity index (χ0v) is 10.5. The fourth-order valence-electron chi connectivity index (χ4n) is 1.96. The lowest BCUT2D eigenvalue weighted by Crippen LogP contribution is -2.46. The number of carbonyl (C=O) groups is 2. The van der Waals surface area contributed by atoms with Crippen LogP contribution in [0.15, 0.2) is 16.5 Å². The topological polar surface area (TPSA) is 109 Å². The molecule has 4 N–H and O–H groups in total.